The lowest BCUT2D eigenvalue weighted by atomic mass is 9.64. The van der Waals surface area contributed by atoms with Crippen LogP contribution in [0.15, 0.2) is 49.6 Å². The van der Waals surface area contributed by atoms with Gasteiger partial charge in [0.25, 0.3) is 0 Å². The van der Waals surface area contributed by atoms with Gasteiger partial charge < -0.3 is 34.0 Å². The number of rotatable bonds is 17. The maximum atomic E-state index is 15.0. The molecule has 3 amide bonds. The van der Waals surface area contributed by atoms with Crippen LogP contribution < -0.4 is 9.64 Å². The number of hydrogen-bond donors (Lipinski definition) is 1. The minimum absolute atomic E-state index is 0.156. The number of benzene rings is 1. The van der Waals surface area contributed by atoms with Crippen molar-refractivity contribution in [3.63, 3.8) is 0 Å². The number of carbonyl (C=O) groups is 3. The standard InChI is InChI=1S/C38H56N4O7/c1-7-17-40(20-19-39-21-23-47-24-22-39)36(46)33-38-16-15-37(9-3,49-38)31(32(38)35(45)42(33)29(26-43)25-27(5)6)34(44)41(18-8-2)28-11-13-30(14-12-28)48-10-4/h7-8,11-14,27,29,31-33,43H,1-2,9-10,15-26H2,3-6H3/t29-,31-,32+,33?,37+,38?/m1/s1. The van der Waals surface area contributed by atoms with Crippen molar-refractivity contribution in [3.05, 3.63) is 49.6 Å². The molecule has 270 valence electrons. The van der Waals surface area contributed by atoms with Crippen molar-refractivity contribution in [1.29, 1.82) is 0 Å². The average Bonchev–Trinajstić information content (AvgIpc) is 3.72. The van der Waals surface area contributed by atoms with Gasteiger partial charge in [-0.3, -0.25) is 19.3 Å². The summed E-state index contributed by atoms with van der Waals surface area (Å²) in [5.41, 5.74) is -1.44. The summed E-state index contributed by atoms with van der Waals surface area (Å²) in [6, 6.07) is 5.77. The van der Waals surface area contributed by atoms with Crippen LogP contribution >= 0.6 is 0 Å². The Bertz CT molecular complexity index is 1350. The highest BCUT2D eigenvalue weighted by Crippen LogP contribution is 2.65. The first kappa shape index (κ1) is 37.0. The van der Waals surface area contributed by atoms with E-state index in [1.807, 2.05) is 52.0 Å². The fraction of sp³-hybridized carbons (Fsp3) is 0.658. The average molecular weight is 681 g/mol. The van der Waals surface area contributed by atoms with Crippen LogP contribution in [-0.2, 0) is 23.9 Å². The van der Waals surface area contributed by atoms with Crippen molar-refractivity contribution in [2.45, 2.75) is 76.7 Å². The number of anilines is 1. The molecular weight excluding hydrogens is 624 g/mol. The van der Waals surface area contributed by atoms with Crippen LogP contribution in [0.2, 0.25) is 0 Å². The summed E-state index contributed by atoms with van der Waals surface area (Å²) in [7, 11) is 0. The van der Waals surface area contributed by atoms with E-state index in [0.717, 1.165) is 13.1 Å². The zero-order valence-corrected chi connectivity index (χ0v) is 29.9. The van der Waals surface area contributed by atoms with Crippen molar-refractivity contribution >= 4 is 23.4 Å². The van der Waals surface area contributed by atoms with Crippen molar-refractivity contribution in [2.75, 3.05) is 70.6 Å². The second-order valence-corrected chi connectivity index (χ2v) is 14.2. The van der Waals surface area contributed by atoms with E-state index < -0.39 is 35.1 Å². The van der Waals surface area contributed by atoms with E-state index in [2.05, 4.69) is 18.1 Å². The molecule has 4 fully saturated rings. The van der Waals surface area contributed by atoms with E-state index in [1.54, 1.807) is 26.9 Å². The molecule has 1 N–H and O–H groups in total. The Morgan fingerprint density at radius 2 is 1.78 bits per heavy atom. The molecular formula is C38H56N4O7. The monoisotopic (exact) mass is 680 g/mol. The number of ether oxygens (including phenoxy) is 3. The van der Waals surface area contributed by atoms with Crippen molar-refractivity contribution in [1.82, 2.24) is 14.7 Å². The maximum absolute atomic E-state index is 15.0. The normalized spacial score (nSPS) is 28.4. The molecule has 0 aromatic heterocycles. The minimum atomic E-state index is -1.20. The first-order chi connectivity index (χ1) is 23.6. The second kappa shape index (κ2) is 15.7. The third-order valence-electron chi connectivity index (χ3n) is 11.0. The van der Waals surface area contributed by atoms with E-state index in [-0.39, 0.29) is 36.8 Å². The molecule has 0 saturated carbocycles. The predicted molar refractivity (Wildman–Crippen MR) is 188 cm³/mol. The summed E-state index contributed by atoms with van der Waals surface area (Å²) < 4.78 is 18.2. The molecule has 4 aliphatic rings. The topological polar surface area (TPSA) is 112 Å². The first-order valence-corrected chi connectivity index (χ1v) is 18.1. The van der Waals surface area contributed by atoms with Crippen molar-refractivity contribution in [2.24, 2.45) is 17.8 Å². The van der Waals surface area contributed by atoms with Gasteiger partial charge in [-0.1, -0.05) is 32.9 Å². The molecule has 1 aromatic carbocycles. The van der Waals surface area contributed by atoms with Gasteiger partial charge in [-0.2, -0.15) is 0 Å². The summed E-state index contributed by atoms with van der Waals surface area (Å²) in [4.78, 5) is 52.2. The van der Waals surface area contributed by atoms with Gasteiger partial charge in [0.1, 0.15) is 17.4 Å². The summed E-state index contributed by atoms with van der Waals surface area (Å²) in [6.45, 7) is 20.6. The molecule has 1 aromatic rings. The van der Waals surface area contributed by atoms with Gasteiger partial charge in [0, 0.05) is 45.0 Å². The summed E-state index contributed by atoms with van der Waals surface area (Å²) in [5, 5.41) is 10.7. The van der Waals surface area contributed by atoms with Crippen LogP contribution in [0.1, 0.15) is 53.4 Å². The molecule has 4 heterocycles. The maximum Gasteiger partial charge on any atom is 0.248 e. The van der Waals surface area contributed by atoms with Gasteiger partial charge >= 0.3 is 0 Å². The first-order valence-electron chi connectivity index (χ1n) is 18.1. The Balaban J connectivity index is 1.56. The Kier molecular flexibility index (Phi) is 11.9. The van der Waals surface area contributed by atoms with Crippen LogP contribution in [0, 0.1) is 17.8 Å². The molecule has 6 atom stereocenters. The van der Waals surface area contributed by atoms with Gasteiger partial charge in [0.15, 0.2) is 0 Å². The molecule has 2 unspecified atom stereocenters. The van der Waals surface area contributed by atoms with Crippen molar-refractivity contribution < 1.29 is 33.7 Å². The molecule has 0 aliphatic carbocycles. The lowest BCUT2D eigenvalue weighted by Crippen LogP contribution is -2.59. The quantitative estimate of drug-likeness (QED) is 0.249. The Hall–Kier alpha value is -3.25. The molecule has 5 rings (SSSR count). The van der Waals surface area contributed by atoms with E-state index >= 15 is 0 Å². The fourth-order valence-corrected chi connectivity index (χ4v) is 8.74. The predicted octanol–water partition coefficient (Wildman–Crippen LogP) is 3.51. The number of likely N-dealkylation sites (tertiary alicyclic amines) is 1. The smallest absolute Gasteiger partial charge is 0.248 e. The van der Waals surface area contributed by atoms with Gasteiger partial charge in [0.2, 0.25) is 17.7 Å². The Labute approximate surface area is 291 Å². The lowest BCUT2D eigenvalue weighted by Gasteiger charge is -2.40. The van der Waals surface area contributed by atoms with Crippen LogP contribution in [-0.4, -0.2) is 127 Å². The summed E-state index contributed by atoms with van der Waals surface area (Å²) in [6.07, 6.45) is 5.44. The number of aliphatic hydroxyl groups excluding tert-OH is 1. The second-order valence-electron chi connectivity index (χ2n) is 14.2. The molecule has 4 aliphatic heterocycles. The van der Waals surface area contributed by atoms with Crippen LogP contribution in [0.4, 0.5) is 5.69 Å². The summed E-state index contributed by atoms with van der Waals surface area (Å²) >= 11 is 0. The molecule has 2 bridgehead atoms. The van der Waals surface area contributed by atoms with Crippen LogP contribution in [0.3, 0.4) is 0 Å². The molecule has 4 saturated heterocycles. The van der Waals surface area contributed by atoms with E-state index in [4.69, 9.17) is 14.2 Å². The number of fused-ring (bicyclic) bond motifs is 1. The fourth-order valence-electron chi connectivity index (χ4n) is 8.74. The van der Waals surface area contributed by atoms with Crippen LogP contribution in [0.5, 0.6) is 5.75 Å². The van der Waals surface area contributed by atoms with E-state index in [1.165, 1.54) is 0 Å². The number of carbonyl (C=O) groups excluding carboxylic acids is 3. The highest BCUT2D eigenvalue weighted by molar-refractivity contribution is 6.03. The molecule has 11 nitrogen and oxygen atoms in total. The number of nitrogens with zero attached hydrogens (tertiary/aromatic N) is 4. The number of amides is 3. The van der Waals surface area contributed by atoms with Gasteiger partial charge in [0.05, 0.1) is 49.9 Å². The van der Waals surface area contributed by atoms with Gasteiger partial charge in [-0.05, 0) is 62.8 Å². The molecule has 1 spiro atoms. The third kappa shape index (κ3) is 6.92. The van der Waals surface area contributed by atoms with Crippen LogP contribution in [0.25, 0.3) is 0 Å². The van der Waals surface area contributed by atoms with Crippen molar-refractivity contribution in [3.8, 4) is 5.75 Å². The summed E-state index contributed by atoms with van der Waals surface area (Å²) in [5.74, 6) is -1.56. The zero-order valence-electron chi connectivity index (χ0n) is 29.9. The number of aliphatic hydroxyl groups is 1. The van der Waals surface area contributed by atoms with E-state index in [9.17, 15) is 19.5 Å². The zero-order chi connectivity index (χ0) is 35.3. The highest BCUT2D eigenvalue weighted by Gasteiger charge is 2.79. The van der Waals surface area contributed by atoms with Gasteiger partial charge in [-0.15, -0.1) is 13.2 Å². The minimum Gasteiger partial charge on any atom is -0.494 e. The number of hydrogen-bond acceptors (Lipinski definition) is 8. The van der Waals surface area contributed by atoms with Gasteiger partial charge in [-0.25, -0.2) is 0 Å². The Morgan fingerprint density at radius 3 is 2.37 bits per heavy atom. The SMILES string of the molecule is C=CCN(CCN1CCOCC1)C(=O)C1N([C@@H](CO)CC(C)C)C(=O)[C@@H]2[C@H](C(=O)N(CC=C)c3ccc(OCC)cc3)[C@]3(CC)CCC12O3. The molecule has 11 heteroatoms. The highest BCUT2D eigenvalue weighted by atomic mass is 16.5. The number of morpholine rings is 1. The molecule has 49 heavy (non-hydrogen) atoms. The van der Waals surface area contributed by atoms with E-state index in [0.29, 0.717) is 76.6 Å². The largest absolute Gasteiger partial charge is 0.494 e. The lowest BCUT2D eigenvalue weighted by molar-refractivity contribution is -0.156. The molecule has 0 radical (unpaired) electrons. The Morgan fingerprint density at radius 1 is 1.08 bits per heavy atom. The third-order valence-corrected chi connectivity index (χ3v) is 11.0.